The van der Waals surface area contributed by atoms with Crippen molar-refractivity contribution in [2.75, 3.05) is 0 Å². The van der Waals surface area contributed by atoms with Gasteiger partial charge in [-0.05, 0) is 25.3 Å². The molecule has 80 valence electrons. The summed E-state index contributed by atoms with van der Waals surface area (Å²) in [6.45, 7) is 3.73. The van der Waals surface area contributed by atoms with Crippen LogP contribution >= 0.6 is 0 Å². The van der Waals surface area contributed by atoms with Crippen LogP contribution in [0, 0.1) is 0 Å². The molecule has 2 unspecified atom stereocenters. The minimum atomic E-state index is -0.799. The second-order valence-electron chi connectivity index (χ2n) is 3.93. The molecule has 0 saturated carbocycles. The van der Waals surface area contributed by atoms with E-state index in [0.29, 0.717) is 19.3 Å². The number of allylic oxidation sites excluding steroid dienone is 1. The van der Waals surface area contributed by atoms with E-state index in [1.807, 2.05) is 13.8 Å². The molecule has 3 heteroatoms. The van der Waals surface area contributed by atoms with Gasteiger partial charge < -0.3 is 10.2 Å². The summed E-state index contributed by atoms with van der Waals surface area (Å²) >= 11 is 0. The molecule has 0 aromatic carbocycles. The molecule has 1 aliphatic rings. The number of hydrogen-bond donors (Lipinski definition) is 2. The van der Waals surface area contributed by atoms with Crippen molar-refractivity contribution in [2.24, 2.45) is 0 Å². The SMILES string of the molecule is CCC(O)C(O)CC1=C(C)CCC1=O. The monoisotopic (exact) mass is 198 g/mol. The molecule has 2 N–H and O–H groups in total. The van der Waals surface area contributed by atoms with E-state index in [1.165, 1.54) is 0 Å². The van der Waals surface area contributed by atoms with Crippen LogP contribution in [0.15, 0.2) is 11.1 Å². The molecule has 0 spiro atoms. The standard InChI is InChI=1S/C11H18O3/c1-3-9(12)11(14)6-8-7(2)4-5-10(8)13/h9,11-12,14H,3-6H2,1-2H3. The fraction of sp³-hybridized carbons (Fsp3) is 0.727. The highest BCUT2D eigenvalue weighted by Crippen LogP contribution is 2.26. The molecule has 0 radical (unpaired) electrons. The molecule has 1 rings (SSSR count). The number of aliphatic hydroxyl groups is 2. The van der Waals surface area contributed by atoms with Gasteiger partial charge in [0.05, 0.1) is 12.2 Å². The van der Waals surface area contributed by atoms with Crippen molar-refractivity contribution in [3.63, 3.8) is 0 Å². The van der Waals surface area contributed by atoms with Crippen LogP contribution in [0.3, 0.4) is 0 Å². The molecule has 0 fully saturated rings. The lowest BCUT2D eigenvalue weighted by Crippen LogP contribution is -2.26. The molecule has 0 bridgehead atoms. The molecule has 0 saturated heterocycles. The predicted octanol–water partition coefficient (Wildman–Crippen LogP) is 1.19. The average molecular weight is 198 g/mol. The molecule has 0 aliphatic heterocycles. The van der Waals surface area contributed by atoms with E-state index in [2.05, 4.69) is 0 Å². The molecular weight excluding hydrogens is 180 g/mol. The first-order chi connectivity index (χ1) is 6.56. The van der Waals surface area contributed by atoms with Crippen LogP contribution in [-0.4, -0.2) is 28.2 Å². The first-order valence-electron chi connectivity index (χ1n) is 5.14. The van der Waals surface area contributed by atoms with Gasteiger partial charge in [0.15, 0.2) is 5.78 Å². The number of carbonyl (C=O) groups excluding carboxylic acids is 1. The van der Waals surface area contributed by atoms with Gasteiger partial charge in [-0.15, -0.1) is 0 Å². The third kappa shape index (κ3) is 2.42. The molecule has 0 amide bonds. The van der Waals surface area contributed by atoms with Gasteiger partial charge in [0.1, 0.15) is 0 Å². The second-order valence-corrected chi connectivity index (χ2v) is 3.93. The lowest BCUT2D eigenvalue weighted by molar-refractivity contribution is -0.115. The highest BCUT2D eigenvalue weighted by Gasteiger charge is 2.24. The molecule has 3 nitrogen and oxygen atoms in total. The van der Waals surface area contributed by atoms with Gasteiger partial charge in [-0.3, -0.25) is 4.79 Å². The third-order valence-electron chi connectivity index (χ3n) is 2.85. The lowest BCUT2D eigenvalue weighted by atomic mass is 10.00. The number of hydrogen-bond acceptors (Lipinski definition) is 3. The largest absolute Gasteiger partial charge is 0.390 e. The van der Waals surface area contributed by atoms with Crippen LogP contribution < -0.4 is 0 Å². The molecule has 0 heterocycles. The minimum Gasteiger partial charge on any atom is -0.390 e. The molecule has 1 aliphatic carbocycles. The first kappa shape index (κ1) is 11.4. The van der Waals surface area contributed by atoms with Crippen molar-refractivity contribution in [1.82, 2.24) is 0 Å². The number of ketones is 1. The molecule has 0 aromatic rings. The van der Waals surface area contributed by atoms with Crippen LogP contribution in [0.2, 0.25) is 0 Å². The van der Waals surface area contributed by atoms with Crippen LogP contribution in [-0.2, 0) is 4.79 Å². The minimum absolute atomic E-state index is 0.129. The Morgan fingerprint density at radius 3 is 2.36 bits per heavy atom. The van der Waals surface area contributed by atoms with E-state index in [-0.39, 0.29) is 5.78 Å². The van der Waals surface area contributed by atoms with E-state index in [1.54, 1.807) is 0 Å². The van der Waals surface area contributed by atoms with Crippen LogP contribution in [0.1, 0.15) is 39.5 Å². The number of rotatable bonds is 4. The summed E-state index contributed by atoms with van der Waals surface area (Å²) in [7, 11) is 0. The van der Waals surface area contributed by atoms with Gasteiger partial charge in [-0.2, -0.15) is 0 Å². The Hall–Kier alpha value is -0.670. The van der Waals surface area contributed by atoms with Crippen molar-refractivity contribution in [1.29, 1.82) is 0 Å². The summed E-state index contributed by atoms with van der Waals surface area (Å²) in [6, 6.07) is 0. The first-order valence-corrected chi connectivity index (χ1v) is 5.14. The van der Waals surface area contributed by atoms with Crippen molar-refractivity contribution < 1.29 is 15.0 Å². The predicted molar refractivity (Wildman–Crippen MR) is 53.9 cm³/mol. The van der Waals surface area contributed by atoms with E-state index in [9.17, 15) is 15.0 Å². The maximum atomic E-state index is 11.4. The number of carbonyl (C=O) groups is 1. The Bertz CT molecular complexity index is 255. The van der Waals surface area contributed by atoms with Gasteiger partial charge in [-0.25, -0.2) is 0 Å². The lowest BCUT2D eigenvalue weighted by Gasteiger charge is -2.16. The Balaban J connectivity index is 2.59. The van der Waals surface area contributed by atoms with Gasteiger partial charge in [-0.1, -0.05) is 12.5 Å². The summed E-state index contributed by atoms with van der Waals surface area (Å²) in [4.78, 5) is 11.4. The van der Waals surface area contributed by atoms with E-state index < -0.39 is 12.2 Å². The Kier molecular flexibility index (Phi) is 3.84. The second kappa shape index (κ2) is 4.71. The third-order valence-corrected chi connectivity index (χ3v) is 2.85. The van der Waals surface area contributed by atoms with Crippen molar-refractivity contribution in [3.8, 4) is 0 Å². The van der Waals surface area contributed by atoms with Gasteiger partial charge in [0.2, 0.25) is 0 Å². The summed E-state index contributed by atoms with van der Waals surface area (Å²) in [5, 5.41) is 19.0. The average Bonchev–Trinajstić information content (AvgIpc) is 2.48. The Morgan fingerprint density at radius 2 is 1.93 bits per heavy atom. The van der Waals surface area contributed by atoms with E-state index >= 15 is 0 Å². The quantitative estimate of drug-likeness (QED) is 0.713. The zero-order chi connectivity index (χ0) is 10.7. The fourth-order valence-electron chi connectivity index (χ4n) is 1.75. The van der Waals surface area contributed by atoms with Gasteiger partial charge in [0, 0.05) is 12.8 Å². The Labute approximate surface area is 84.4 Å². The van der Waals surface area contributed by atoms with E-state index in [4.69, 9.17) is 0 Å². The zero-order valence-corrected chi connectivity index (χ0v) is 8.79. The molecule has 14 heavy (non-hydrogen) atoms. The maximum absolute atomic E-state index is 11.4. The highest BCUT2D eigenvalue weighted by atomic mass is 16.3. The van der Waals surface area contributed by atoms with Gasteiger partial charge >= 0.3 is 0 Å². The number of Topliss-reactive ketones (excluding diaryl/α,β-unsaturated/α-hetero) is 1. The van der Waals surface area contributed by atoms with Crippen LogP contribution in [0.4, 0.5) is 0 Å². The van der Waals surface area contributed by atoms with Crippen molar-refractivity contribution >= 4 is 5.78 Å². The van der Waals surface area contributed by atoms with Crippen molar-refractivity contribution in [3.05, 3.63) is 11.1 Å². The smallest absolute Gasteiger partial charge is 0.159 e. The normalized spacial score (nSPS) is 21.6. The zero-order valence-electron chi connectivity index (χ0n) is 8.79. The molecular formula is C11H18O3. The summed E-state index contributed by atoms with van der Waals surface area (Å²) in [5.74, 6) is 0.129. The maximum Gasteiger partial charge on any atom is 0.159 e. The summed E-state index contributed by atoms with van der Waals surface area (Å²) < 4.78 is 0. The highest BCUT2D eigenvalue weighted by molar-refractivity contribution is 5.98. The Morgan fingerprint density at radius 1 is 1.29 bits per heavy atom. The van der Waals surface area contributed by atoms with Crippen molar-refractivity contribution in [2.45, 2.75) is 51.7 Å². The molecule has 0 aromatic heterocycles. The summed E-state index contributed by atoms with van der Waals surface area (Å²) in [6.07, 6.45) is 0.677. The van der Waals surface area contributed by atoms with Crippen LogP contribution in [0.25, 0.3) is 0 Å². The topological polar surface area (TPSA) is 57.5 Å². The van der Waals surface area contributed by atoms with Gasteiger partial charge in [0.25, 0.3) is 0 Å². The fourth-order valence-corrected chi connectivity index (χ4v) is 1.75. The number of aliphatic hydroxyl groups excluding tert-OH is 2. The molecule has 2 atom stereocenters. The van der Waals surface area contributed by atoms with Crippen LogP contribution in [0.5, 0.6) is 0 Å². The van der Waals surface area contributed by atoms with E-state index in [0.717, 1.165) is 17.6 Å². The summed E-state index contributed by atoms with van der Waals surface area (Å²) in [5.41, 5.74) is 1.79.